The molecule has 7 heteroatoms. The van der Waals surface area contributed by atoms with Gasteiger partial charge >= 0.3 is 0 Å². The molecule has 1 fully saturated rings. The predicted octanol–water partition coefficient (Wildman–Crippen LogP) is 4.31. The van der Waals surface area contributed by atoms with Crippen LogP contribution in [0.5, 0.6) is 0 Å². The number of carbonyl (C=O) groups excluding carboxylic acids is 1. The number of nitrogens with zero attached hydrogens (tertiary/aromatic N) is 2. The lowest BCUT2D eigenvalue weighted by molar-refractivity contribution is -0.120. The van der Waals surface area contributed by atoms with Crippen molar-refractivity contribution in [3.8, 4) is 11.3 Å². The number of pyridine rings is 1. The summed E-state index contributed by atoms with van der Waals surface area (Å²) in [7, 11) is 0. The van der Waals surface area contributed by atoms with Crippen LogP contribution in [0, 0.1) is 25.7 Å². The van der Waals surface area contributed by atoms with Gasteiger partial charge in [0.1, 0.15) is 0 Å². The molecule has 1 amide bonds. The van der Waals surface area contributed by atoms with Crippen LogP contribution in [0.15, 0.2) is 48.9 Å². The average molecular weight is 430 g/mol. The summed E-state index contributed by atoms with van der Waals surface area (Å²) in [6, 6.07) is 9.88. The highest BCUT2D eigenvalue weighted by molar-refractivity contribution is 5.98. The van der Waals surface area contributed by atoms with E-state index in [-0.39, 0.29) is 30.3 Å². The van der Waals surface area contributed by atoms with Crippen LogP contribution in [0.4, 0.5) is 5.69 Å². The zero-order valence-electron chi connectivity index (χ0n) is 18.2. The lowest BCUT2D eigenvalue weighted by Gasteiger charge is -2.20. The zero-order chi connectivity index (χ0) is 22.2. The molecule has 3 atom stereocenters. The van der Waals surface area contributed by atoms with E-state index in [0.29, 0.717) is 12.1 Å². The van der Waals surface area contributed by atoms with Gasteiger partial charge < -0.3 is 15.4 Å². The van der Waals surface area contributed by atoms with E-state index in [1.54, 1.807) is 18.5 Å². The van der Waals surface area contributed by atoms with Crippen LogP contribution in [0.3, 0.4) is 0 Å². The molecule has 164 valence electrons. The predicted molar refractivity (Wildman–Crippen MR) is 124 cm³/mol. The highest BCUT2D eigenvalue weighted by atomic mass is 16.3. The van der Waals surface area contributed by atoms with E-state index in [2.05, 4.69) is 44.5 Å². The molecule has 7 nitrogen and oxygen atoms in total. The van der Waals surface area contributed by atoms with E-state index in [4.69, 9.17) is 0 Å². The highest BCUT2D eigenvalue weighted by Gasteiger charge is 2.40. The molecule has 32 heavy (non-hydrogen) atoms. The minimum absolute atomic E-state index is 0.0149. The second-order valence-corrected chi connectivity index (χ2v) is 8.76. The van der Waals surface area contributed by atoms with Crippen molar-refractivity contribution < 1.29 is 9.90 Å². The molecule has 0 saturated heterocycles. The Labute approximate surface area is 186 Å². The Hall–Kier alpha value is -3.45. The number of carbonyl (C=O) groups is 1. The third-order valence-corrected chi connectivity index (χ3v) is 6.84. The van der Waals surface area contributed by atoms with Crippen molar-refractivity contribution in [3.63, 3.8) is 0 Å². The first-order valence-corrected chi connectivity index (χ1v) is 11.0. The summed E-state index contributed by atoms with van der Waals surface area (Å²) in [5.74, 6) is -0.132. The van der Waals surface area contributed by atoms with Crippen molar-refractivity contribution in [2.24, 2.45) is 11.8 Å². The molecule has 4 aromatic rings. The van der Waals surface area contributed by atoms with E-state index in [1.165, 1.54) is 0 Å². The summed E-state index contributed by atoms with van der Waals surface area (Å²) >= 11 is 0. The van der Waals surface area contributed by atoms with Gasteiger partial charge in [0.15, 0.2) is 0 Å². The fourth-order valence-electron chi connectivity index (χ4n) is 5.03. The third kappa shape index (κ3) is 3.48. The van der Waals surface area contributed by atoms with Gasteiger partial charge in [-0.05, 0) is 61.8 Å². The van der Waals surface area contributed by atoms with Gasteiger partial charge in [0.05, 0.1) is 17.6 Å². The summed E-state index contributed by atoms with van der Waals surface area (Å²) < 4.78 is 0. The Bertz CT molecular complexity index is 1260. The van der Waals surface area contributed by atoms with Gasteiger partial charge in [0, 0.05) is 47.1 Å². The number of aromatic nitrogens is 4. The topological polar surface area (TPSA) is 107 Å². The molecule has 3 aromatic heterocycles. The van der Waals surface area contributed by atoms with Gasteiger partial charge in [0.25, 0.3) is 0 Å². The number of hydrogen-bond acceptors (Lipinski definition) is 4. The van der Waals surface area contributed by atoms with E-state index in [1.807, 2.05) is 25.3 Å². The summed E-state index contributed by atoms with van der Waals surface area (Å²) in [5.41, 5.74) is 7.01. The Balaban J connectivity index is 1.52. The van der Waals surface area contributed by atoms with Crippen LogP contribution in [0.1, 0.15) is 35.6 Å². The fraction of sp³-hybridized carbons (Fsp3) is 0.320. The Morgan fingerprint density at radius 3 is 2.81 bits per heavy atom. The molecule has 0 aliphatic heterocycles. The first-order chi connectivity index (χ1) is 15.6. The van der Waals surface area contributed by atoms with Crippen molar-refractivity contribution in [2.75, 3.05) is 11.9 Å². The largest absolute Gasteiger partial charge is 0.396 e. The summed E-state index contributed by atoms with van der Waals surface area (Å²) in [5, 5.41) is 21.5. The molecule has 1 aliphatic rings. The van der Waals surface area contributed by atoms with Crippen molar-refractivity contribution >= 4 is 22.5 Å². The normalized spacial score (nSPS) is 20.7. The number of hydrogen-bond donors (Lipinski definition) is 4. The zero-order valence-corrected chi connectivity index (χ0v) is 18.2. The van der Waals surface area contributed by atoms with Gasteiger partial charge in [0.2, 0.25) is 5.91 Å². The van der Waals surface area contributed by atoms with Crippen molar-refractivity contribution in [1.82, 2.24) is 20.2 Å². The number of aryl methyl sites for hydroxylation is 1. The number of amides is 1. The van der Waals surface area contributed by atoms with Crippen LogP contribution < -0.4 is 5.32 Å². The molecule has 5 rings (SSSR count). The van der Waals surface area contributed by atoms with Crippen LogP contribution in [0.2, 0.25) is 0 Å². The van der Waals surface area contributed by atoms with Crippen LogP contribution >= 0.6 is 0 Å². The number of nitrogens with one attached hydrogen (secondary N) is 3. The number of anilines is 1. The maximum atomic E-state index is 13.2. The molecule has 4 N–H and O–H groups in total. The standard InChI is InChI=1S/C25H27N5O2/c1-14-15(2)29-30-23(14)22-12-27-24-18(6-3-7-19(22)24)20-9-16(13-31)10-21(20)25(32)28-17-5-4-8-26-11-17/h3-8,11-12,16,20-21,27,31H,9-10,13H2,1-2H3,(H,28,32)(H,29,30). The number of aliphatic hydroxyl groups is 1. The Morgan fingerprint density at radius 2 is 2.09 bits per heavy atom. The van der Waals surface area contributed by atoms with Crippen molar-refractivity contribution in [1.29, 1.82) is 0 Å². The second kappa shape index (κ2) is 8.24. The molecule has 0 radical (unpaired) electrons. The van der Waals surface area contributed by atoms with Gasteiger partial charge in [-0.25, -0.2) is 0 Å². The molecule has 0 spiro atoms. The number of benzene rings is 1. The Kier molecular flexibility index (Phi) is 5.27. The number of aliphatic hydroxyl groups excluding tert-OH is 1. The molecule has 1 aliphatic carbocycles. The van der Waals surface area contributed by atoms with Gasteiger partial charge in [-0.1, -0.05) is 18.2 Å². The molecule has 1 aromatic carbocycles. The molecule has 1 saturated carbocycles. The molecule has 3 unspecified atom stereocenters. The average Bonchev–Trinajstić information content (AvgIpc) is 3.52. The second-order valence-electron chi connectivity index (χ2n) is 8.76. The van der Waals surface area contributed by atoms with Crippen LogP contribution in [0.25, 0.3) is 22.2 Å². The summed E-state index contributed by atoms with van der Waals surface area (Å²) in [6.07, 6.45) is 6.77. The summed E-state index contributed by atoms with van der Waals surface area (Å²) in [6.45, 7) is 4.18. The van der Waals surface area contributed by atoms with Gasteiger partial charge in [-0.3, -0.25) is 14.9 Å². The molecular weight excluding hydrogens is 402 g/mol. The minimum Gasteiger partial charge on any atom is -0.396 e. The number of fused-ring (bicyclic) bond motifs is 1. The van der Waals surface area contributed by atoms with E-state index in [9.17, 15) is 9.90 Å². The summed E-state index contributed by atoms with van der Waals surface area (Å²) in [4.78, 5) is 20.8. The van der Waals surface area contributed by atoms with Crippen LogP contribution in [-0.4, -0.2) is 37.8 Å². The molecule has 0 bridgehead atoms. The lowest BCUT2D eigenvalue weighted by atomic mass is 9.86. The third-order valence-electron chi connectivity index (χ3n) is 6.84. The maximum absolute atomic E-state index is 13.2. The first kappa shape index (κ1) is 20.5. The number of aromatic amines is 2. The smallest absolute Gasteiger partial charge is 0.228 e. The number of para-hydroxylation sites is 1. The van der Waals surface area contributed by atoms with E-state index >= 15 is 0 Å². The van der Waals surface area contributed by atoms with Crippen molar-refractivity contribution in [3.05, 3.63) is 65.7 Å². The fourth-order valence-corrected chi connectivity index (χ4v) is 5.03. The minimum atomic E-state index is -0.223. The lowest BCUT2D eigenvalue weighted by Crippen LogP contribution is -2.25. The van der Waals surface area contributed by atoms with E-state index < -0.39 is 0 Å². The van der Waals surface area contributed by atoms with Gasteiger partial charge in [-0.2, -0.15) is 5.10 Å². The SMILES string of the molecule is Cc1[nH]nc(-c2c[nH]c3c(C4CC(CO)CC4C(=O)Nc4cccnc4)cccc23)c1C. The maximum Gasteiger partial charge on any atom is 0.228 e. The molecular formula is C25H27N5O2. The number of rotatable bonds is 5. The first-order valence-electron chi connectivity index (χ1n) is 11.0. The van der Waals surface area contributed by atoms with E-state index in [0.717, 1.165) is 45.4 Å². The van der Waals surface area contributed by atoms with Crippen LogP contribution in [-0.2, 0) is 4.79 Å². The highest BCUT2D eigenvalue weighted by Crippen LogP contribution is 2.46. The van der Waals surface area contributed by atoms with Crippen molar-refractivity contribution in [2.45, 2.75) is 32.6 Å². The quantitative estimate of drug-likeness (QED) is 0.379. The monoisotopic (exact) mass is 429 g/mol. The molecule has 3 heterocycles. The van der Waals surface area contributed by atoms with Gasteiger partial charge in [-0.15, -0.1) is 0 Å². The number of H-pyrrole nitrogens is 2. The Morgan fingerprint density at radius 1 is 1.22 bits per heavy atom.